The highest BCUT2D eigenvalue weighted by Gasteiger charge is 2.18. The van der Waals surface area contributed by atoms with Crippen LogP contribution in [0.5, 0.6) is 5.75 Å². The van der Waals surface area contributed by atoms with E-state index in [1.54, 1.807) is 38.3 Å². The maximum atomic E-state index is 12.2. The number of fused-ring (bicyclic) bond motifs is 1. The Bertz CT molecular complexity index is 924. The summed E-state index contributed by atoms with van der Waals surface area (Å²) in [6.07, 6.45) is 0. The second kappa shape index (κ2) is 4.99. The average molecular weight is 299 g/mol. The van der Waals surface area contributed by atoms with Crippen LogP contribution in [0.2, 0.25) is 0 Å². The van der Waals surface area contributed by atoms with Crippen molar-refractivity contribution in [3.05, 3.63) is 46.3 Å². The summed E-state index contributed by atoms with van der Waals surface area (Å²) in [4.78, 5) is 34.5. The molecule has 0 spiro atoms. The van der Waals surface area contributed by atoms with Crippen molar-refractivity contribution < 1.29 is 9.53 Å². The van der Waals surface area contributed by atoms with Gasteiger partial charge < -0.3 is 15.5 Å². The van der Waals surface area contributed by atoms with Crippen LogP contribution in [0.15, 0.2) is 29.1 Å². The molecule has 3 rings (SSSR count). The lowest BCUT2D eigenvalue weighted by atomic mass is 10.3. The van der Waals surface area contributed by atoms with E-state index in [9.17, 15) is 9.59 Å². The van der Waals surface area contributed by atoms with Gasteiger partial charge in [0, 0.05) is 0 Å². The first kappa shape index (κ1) is 13.8. The third-order valence-corrected chi connectivity index (χ3v) is 3.21. The standard InChI is InChI=1S/C14H13N5O3/c1-7-16-10(12(15)20)11-13(17-7)19(14(21)18-11)8-3-5-9(22-2)6-4-8/h3-6H,1-2H3,(H2,15,20)(H,18,21). The zero-order valence-corrected chi connectivity index (χ0v) is 12.0. The predicted molar refractivity (Wildman–Crippen MR) is 79.3 cm³/mol. The number of nitrogens with zero attached hydrogens (tertiary/aromatic N) is 3. The highest BCUT2D eigenvalue weighted by atomic mass is 16.5. The number of aryl methyl sites for hydroxylation is 1. The Morgan fingerprint density at radius 3 is 2.55 bits per heavy atom. The molecule has 2 heterocycles. The number of rotatable bonds is 3. The molecule has 8 heteroatoms. The number of carbonyl (C=O) groups is 1. The average Bonchev–Trinajstić information content (AvgIpc) is 2.82. The first-order valence-corrected chi connectivity index (χ1v) is 6.45. The van der Waals surface area contributed by atoms with Gasteiger partial charge in [0.2, 0.25) is 0 Å². The molecule has 112 valence electrons. The number of nitrogens with one attached hydrogen (secondary N) is 1. The molecule has 0 bridgehead atoms. The highest BCUT2D eigenvalue weighted by molar-refractivity contribution is 6.01. The van der Waals surface area contributed by atoms with Gasteiger partial charge in [-0.3, -0.25) is 4.79 Å². The third-order valence-electron chi connectivity index (χ3n) is 3.21. The second-order valence-electron chi connectivity index (χ2n) is 4.65. The molecule has 0 aliphatic heterocycles. The zero-order valence-electron chi connectivity index (χ0n) is 12.0. The van der Waals surface area contributed by atoms with Crippen molar-refractivity contribution in [3.63, 3.8) is 0 Å². The molecule has 0 radical (unpaired) electrons. The summed E-state index contributed by atoms with van der Waals surface area (Å²) in [5.41, 5.74) is 5.98. The van der Waals surface area contributed by atoms with Gasteiger partial charge in [0.15, 0.2) is 11.3 Å². The van der Waals surface area contributed by atoms with Crippen molar-refractivity contribution in [3.8, 4) is 11.4 Å². The predicted octanol–water partition coefficient (Wildman–Crippen LogP) is 0.525. The van der Waals surface area contributed by atoms with E-state index in [1.807, 2.05) is 0 Å². The van der Waals surface area contributed by atoms with Gasteiger partial charge in [0.1, 0.15) is 17.1 Å². The van der Waals surface area contributed by atoms with Crippen molar-refractivity contribution in [2.45, 2.75) is 6.92 Å². The summed E-state index contributed by atoms with van der Waals surface area (Å²) in [5, 5.41) is 0. The molecule has 0 aliphatic rings. The van der Waals surface area contributed by atoms with Gasteiger partial charge in [0.05, 0.1) is 12.8 Å². The molecule has 1 aromatic carbocycles. The van der Waals surface area contributed by atoms with Gasteiger partial charge in [-0.15, -0.1) is 0 Å². The fraction of sp³-hybridized carbons (Fsp3) is 0.143. The second-order valence-corrected chi connectivity index (χ2v) is 4.65. The topological polar surface area (TPSA) is 116 Å². The van der Waals surface area contributed by atoms with Crippen molar-refractivity contribution in [2.24, 2.45) is 5.73 Å². The number of aromatic amines is 1. The monoisotopic (exact) mass is 299 g/mol. The van der Waals surface area contributed by atoms with Gasteiger partial charge in [-0.2, -0.15) is 0 Å². The summed E-state index contributed by atoms with van der Waals surface area (Å²) in [7, 11) is 1.56. The molecule has 22 heavy (non-hydrogen) atoms. The fourth-order valence-corrected chi connectivity index (χ4v) is 2.24. The number of hydrogen-bond acceptors (Lipinski definition) is 5. The Morgan fingerprint density at radius 2 is 1.95 bits per heavy atom. The largest absolute Gasteiger partial charge is 0.497 e. The number of ether oxygens (including phenoxy) is 1. The first-order chi connectivity index (χ1) is 10.5. The fourth-order valence-electron chi connectivity index (χ4n) is 2.24. The Morgan fingerprint density at radius 1 is 1.27 bits per heavy atom. The van der Waals surface area contributed by atoms with Crippen molar-refractivity contribution in [1.82, 2.24) is 19.5 Å². The van der Waals surface area contributed by atoms with E-state index in [0.29, 0.717) is 22.9 Å². The van der Waals surface area contributed by atoms with Crippen LogP contribution in [0.25, 0.3) is 16.9 Å². The number of H-pyrrole nitrogens is 1. The van der Waals surface area contributed by atoms with E-state index >= 15 is 0 Å². The summed E-state index contributed by atoms with van der Waals surface area (Å²) >= 11 is 0. The summed E-state index contributed by atoms with van der Waals surface area (Å²) in [6, 6.07) is 6.89. The Kier molecular flexibility index (Phi) is 3.13. The lowest BCUT2D eigenvalue weighted by Crippen LogP contribution is -2.15. The van der Waals surface area contributed by atoms with Gasteiger partial charge in [-0.1, -0.05) is 0 Å². The summed E-state index contributed by atoms with van der Waals surface area (Å²) in [6.45, 7) is 1.63. The van der Waals surface area contributed by atoms with Crippen LogP contribution >= 0.6 is 0 Å². The molecule has 3 aromatic rings. The van der Waals surface area contributed by atoms with Crippen molar-refractivity contribution >= 4 is 17.1 Å². The molecule has 0 atom stereocenters. The minimum Gasteiger partial charge on any atom is -0.497 e. The number of hydrogen-bond donors (Lipinski definition) is 2. The number of methoxy groups -OCH3 is 1. The number of amides is 1. The number of primary amides is 1. The third kappa shape index (κ3) is 2.10. The number of aromatic nitrogens is 4. The van der Waals surface area contributed by atoms with Crippen molar-refractivity contribution in [2.75, 3.05) is 7.11 Å². The molecule has 3 N–H and O–H groups in total. The molecule has 8 nitrogen and oxygen atoms in total. The minimum atomic E-state index is -0.723. The molecule has 0 saturated heterocycles. The molecule has 0 fully saturated rings. The van der Waals surface area contributed by atoms with E-state index in [-0.39, 0.29) is 11.2 Å². The zero-order chi connectivity index (χ0) is 15.9. The molecule has 0 unspecified atom stereocenters. The van der Waals surface area contributed by atoms with Gasteiger partial charge in [0.25, 0.3) is 5.91 Å². The van der Waals surface area contributed by atoms with E-state index in [1.165, 1.54) is 4.57 Å². The smallest absolute Gasteiger partial charge is 0.332 e. The maximum absolute atomic E-state index is 12.2. The molecular weight excluding hydrogens is 286 g/mol. The summed E-state index contributed by atoms with van der Waals surface area (Å²) < 4.78 is 6.45. The van der Waals surface area contributed by atoms with Crippen LogP contribution in [0.1, 0.15) is 16.3 Å². The number of nitrogens with two attached hydrogens (primary N) is 1. The van der Waals surface area contributed by atoms with Gasteiger partial charge in [-0.25, -0.2) is 19.3 Å². The molecular formula is C14H13N5O3. The molecule has 2 aromatic heterocycles. The SMILES string of the molecule is COc1ccc(-n2c(=O)[nH]c3c(C(N)=O)nc(C)nc32)cc1. The van der Waals surface area contributed by atoms with Gasteiger partial charge >= 0.3 is 5.69 Å². The number of imidazole rings is 1. The van der Waals surface area contributed by atoms with Gasteiger partial charge in [-0.05, 0) is 31.2 Å². The van der Waals surface area contributed by atoms with E-state index in [2.05, 4.69) is 15.0 Å². The van der Waals surface area contributed by atoms with E-state index in [0.717, 1.165) is 0 Å². The molecule has 1 amide bonds. The Balaban J connectivity index is 2.32. The minimum absolute atomic E-state index is 0.00754. The van der Waals surface area contributed by atoms with E-state index < -0.39 is 11.6 Å². The van der Waals surface area contributed by atoms with Crippen LogP contribution in [0, 0.1) is 6.92 Å². The van der Waals surface area contributed by atoms with Crippen LogP contribution in [0.3, 0.4) is 0 Å². The number of carbonyl (C=O) groups excluding carboxylic acids is 1. The molecule has 0 saturated carbocycles. The van der Waals surface area contributed by atoms with Crippen LogP contribution < -0.4 is 16.2 Å². The lowest BCUT2D eigenvalue weighted by Gasteiger charge is -2.05. The van der Waals surface area contributed by atoms with Crippen LogP contribution in [0.4, 0.5) is 0 Å². The normalized spacial score (nSPS) is 10.8. The molecule has 0 aliphatic carbocycles. The Labute approximate surface area is 124 Å². The highest BCUT2D eigenvalue weighted by Crippen LogP contribution is 2.18. The lowest BCUT2D eigenvalue weighted by molar-refractivity contribution is 0.0997. The number of benzene rings is 1. The Hall–Kier alpha value is -3.16. The van der Waals surface area contributed by atoms with Crippen LogP contribution in [-0.4, -0.2) is 32.5 Å². The quantitative estimate of drug-likeness (QED) is 0.731. The summed E-state index contributed by atoms with van der Waals surface area (Å²) in [5.74, 6) is 0.293. The van der Waals surface area contributed by atoms with E-state index in [4.69, 9.17) is 10.5 Å². The first-order valence-electron chi connectivity index (χ1n) is 6.45. The van der Waals surface area contributed by atoms with Crippen LogP contribution in [-0.2, 0) is 0 Å². The van der Waals surface area contributed by atoms with Crippen molar-refractivity contribution in [1.29, 1.82) is 0 Å². The maximum Gasteiger partial charge on any atom is 0.332 e.